The first-order valence-corrected chi connectivity index (χ1v) is 18.0. The zero-order valence-electron chi connectivity index (χ0n) is 29.7. The predicted molar refractivity (Wildman–Crippen MR) is 197 cm³/mol. The van der Waals surface area contributed by atoms with Gasteiger partial charge in [-0.3, -0.25) is 14.6 Å². The van der Waals surface area contributed by atoms with Crippen LogP contribution >= 0.6 is 0 Å². The van der Waals surface area contributed by atoms with Crippen LogP contribution in [0, 0.1) is 24.5 Å². The lowest BCUT2D eigenvalue weighted by Gasteiger charge is -2.40. The minimum atomic E-state index is -0.513. The van der Waals surface area contributed by atoms with Gasteiger partial charge in [0.15, 0.2) is 0 Å². The van der Waals surface area contributed by atoms with Gasteiger partial charge in [0, 0.05) is 86.6 Å². The standard InChI is InChI=1S/C40H48F2N8/c1-26-8-6-7-9-38-35(22-43-47(38)5)37-20-32(16-27(2)44-37)29(4)45-40-46-36-11-10-31(19-39(36)50(40)23-26)25-49-15-14-48(24-28(49)3)13-12-30-17-33(41)21-34(42)18-30/h10-11,16-22,26,28H,4,6-9,12-15,23-25H2,1-3,5H3,(H,45,46)/t26-,28?/m1/s1. The Hall–Kier alpha value is -4.41. The largest absolute Gasteiger partial charge is 0.326 e. The van der Waals surface area contributed by atoms with Gasteiger partial charge in [0.05, 0.1) is 22.9 Å². The number of piperazine rings is 1. The van der Waals surface area contributed by atoms with E-state index in [1.54, 1.807) is 0 Å². The first-order valence-electron chi connectivity index (χ1n) is 18.0. The number of hydrogen-bond acceptors (Lipinski definition) is 6. The molecule has 5 aromatic rings. The van der Waals surface area contributed by atoms with Gasteiger partial charge in [-0.05, 0) is 93.0 Å². The topological polar surface area (TPSA) is 67.0 Å². The number of benzene rings is 2. The third-order valence-corrected chi connectivity index (χ3v) is 10.4. The number of rotatable bonds is 5. The van der Waals surface area contributed by atoms with Gasteiger partial charge in [-0.25, -0.2) is 13.8 Å². The molecule has 262 valence electrons. The van der Waals surface area contributed by atoms with Crippen molar-refractivity contribution in [3.05, 3.63) is 101 Å². The summed E-state index contributed by atoms with van der Waals surface area (Å²) < 4.78 is 31.7. The van der Waals surface area contributed by atoms with Crippen molar-refractivity contribution in [3.63, 3.8) is 0 Å². The molecule has 1 saturated heterocycles. The summed E-state index contributed by atoms with van der Waals surface area (Å²) in [5, 5.41) is 8.18. The Labute approximate surface area is 293 Å². The first kappa shape index (κ1) is 34.1. The Bertz CT molecular complexity index is 1990. The van der Waals surface area contributed by atoms with E-state index < -0.39 is 11.6 Å². The lowest BCUT2D eigenvalue weighted by molar-refractivity contribution is 0.0785. The molecular weight excluding hydrogens is 630 g/mol. The molecule has 10 heteroatoms. The van der Waals surface area contributed by atoms with Gasteiger partial charge >= 0.3 is 0 Å². The van der Waals surface area contributed by atoms with Gasteiger partial charge in [0.1, 0.15) is 11.6 Å². The van der Waals surface area contributed by atoms with E-state index in [1.165, 1.54) is 23.4 Å². The average Bonchev–Trinajstić information content (AvgIpc) is 3.60. The number of nitrogens with one attached hydrogen (secondary N) is 1. The van der Waals surface area contributed by atoms with Crippen LogP contribution in [0.4, 0.5) is 14.7 Å². The predicted octanol–water partition coefficient (Wildman–Crippen LogP) is 7.61. The number of aryl methyl sites for hydroxylation is 2. The fourth-order valence-electron chi connectivity index (χ4n) is 7.68. The molecule has 50 heavy (non-hydrogen) atoms. The molecule has 5 heterocycles. The third-order valence-electron chi connectivity index (χ3n) is 10.4. The number of halogens is 2. The van der Waals surface area contributed by atoms with Crippen molar-refractivity contribution >= 4 is 22.7 Å². The van der Waals surface area contributed by atoms with Crippen LogP contribution in [0.15, 0.2) is 61.3 Å². The quantitative estimate of drug-likeness (QED) is 0.207. The molecule has 1 N–H and O–H groups in total. The van der Waals surface area contributed by atoms with Crippen LogP contribution in [0.2, 0.25) is 0 Å². The number of hydrogen-bond donors (Lipinski definition) is 1. The van der Waals surface area contributed by atoms with E-state index in [0.29, 0.717) is 23.9 Å². The second-order valence-corrected chi connectivity index (χ2v) is 14.5. The lowest BCUT2D eigenvalue weighted by atomic mass is 10.0. The molecule has 0 aliphatic carbocycles. The fourth-order valence-corrected chi connectivity index (χ4v) is 7.68. The molecule has 3 aromatic heterocycles. The van der Waals surface area contributed by atoms with E-state index in [4.69, 9.17) is 9.97 Å². The first-order chi connectivity index (χ1) is 24.1. The summed E-state index contributed by atoms with van der Waals surface area (Å²) >= 11 is 0. The highest BCUT2D eigenvalue weighted by Gasteiger charge is 2.25. The Kier molecular flexibility index (Phi) is 9.84. The van der Waals surface area contributed by atoms with Crippen LogP contribution in [-0.4, -0.2) is 66.3 Å². The van der Waals surface area contributed by atoms with Crippen molar-refractivity contribution in [2.24, 2.45) is 13.0 Å². The molecule has 1 unspecified atom stereocenters. The molecule has 2 aromatic carbocycles. The molecule has 2 atom stereocenters. The molecular formula is C40H48F2N8. The Morgan fingerprint density at radius 3 is 2.56 bits per heavy atom. The fraction of sp³-hybridized carbons (Fsp3) is 0.425. The zero-order valence-corrected chi connectivity index (χ0v) is 29.7. The van der Waals surface area contributed by atoms with Crippen molar-refractivity contribution < 1.29 is 8.78 Å². The second kappa shape index (κ2) is 14.4. The lowest BCUT2D eigenvalue weighted by Crippen LogP contribution is -2.51. The number of nitrogens with zero attached hydrogens (tertiary/aromatic N) is 7. The highest BCUT2D eigenvalue weighted by molar-refractivity contribution is 5.83. The summed E-state index contributed by atoms with van der Waals surface area (Å²) in [4.78, 5) is 14.9. The molecule has 2 bridgehead atoms. The van der Waals surface area contributed by atoms with E-state index in [2.05, 4.69) is 75.5 Å². The number of aromatic nitrogens is 5. The Morgan fingerprint density at radius 1 is 0.940 bits per heavy atom. The molecule has 0 amide bonds. The van der Waals surface area contributed by atoms with Crippen molar-refractivity contribution in [3.8, 4) is 11.3 Å². The van der Waals surface area contributed by atoms with E-state index in [0.717, 1.165) is 116 Å². The summed E-state index contributed by atoms with van der Waals surface area (Å²) in [5.41, 5.74) is 10.0. The van der Waals surface area contributed by atoms with Crippen LogP contribution in [0.1, 0.15) is 61.2 Å². The SMILES string of the molecule is C=C1Nc2nc3ccc(CN4CCN(CCc5cc(F)cc(F)c5)CC4C)cc3n2C[C@H](C)CCCCc2c(cnn2C)-c2cc1cc(C)n2. The van der Waals surface area contributed by atoms with Crippen LogP contribution in [0.3, 0.4) is 0 Å². The van der Waals surface area contributed by atoms with Gasteiger partial charge in [-0.2, -0.15) is 5.10 Å². The van der Waals surface area contributed by atoms with Crippen molar-refractivity contribution in [1.29, 1.82) is 0 Å². The maximum Gasteiger partial charge on any atom is 0.208 e. The van der Waals surface area contributed by atoms with Crippen LogP contribution in [0.25, 0.3) is 28.0 Å². The summed E-state index contributed by atoms with van der Waals surface area (Å²) in [7, 11) is 2.02. The molecule has 0 radical (unpaired) electrons. The summed E-state index contributed by atoms with van der Waals surface area (Å²) in [6.07, 6.45) is 6.88. The highest BCUT2D eigenvalue weighted by atomic mass is 19.1. The molecule has 0 saturated carbocycles. The molecule has 2 aliphatic rings. The zero-order chi connectivity index (χ0) is 34.9. The number of imidazole rings is 1. The number of anilines is 1. The Balaban J connectivity index is 1.10. The minimum absolute atomic E-state index is 0.354. The van der Waals surface area contributed by atoms with E-state index in [-0.39, 0.29) is 0 Å². The van der Waals surface area contributed by atoms with Gasteiger partial charge in [0.2, 0.25) is 5.95 Å². The van der Waals surface area contributed by atoms with Gasteiger partial charge in [-0.1, -0.05) is 26.0 Å². The summed E-state index contributed by atoms with van der Waals surface area (Å²) in [6, 6.07) is 15.0. The summed E-state index contributed by atoms with van der Waals surface area (Å²) in [6.45, 7) is 16.4. The number of pyridine rings is 1. The Morgan fingerprint density at radius 2 is 1.76 bits per heavy atom. The third kappa shape index (κ3) is 7.51. The highest BCUT2D eigenvalue weighted by Crippen LogP contribution is 2.31. The molecule has 7 rings (SSSR count). The van der Waals surface area contributed by atoms with Crippen LogP contribution in [-0.2, 0) is 33.0 Å². The maximum absolute atomic E-state index is 13.7. The molecule has 1 fully saturated rings. The van der Waals surface area contributed by atoms with Gasteiger partial charge < -0.3 is 14.8 Å². The number of fused-ring (bicyclic) bond motifs is 7. The minimum Gasteiger partial charge on any atom is -0.326 e. The summed E-state index contributed by atoms with van der Waals surface area (Å²) in [5.74, 6) is 0.243. The smallest absolute Gasteiger partial charge is 0.208 e. The van der Waals surface area contributed by atoms with E-state index in [9.17, 15) is 8.78 Å². The monoisotopic (exact) mass is 678 g/mol. The van der Waals surface area contributed by atoms with E-state index >= 15 is 0 Å². The molecule has 2 aliphatic heterocycles. The second-order valence-electron chi connectivity index (χ2n) is 14.5. The normalized spacial score (nSPS) is 19.4. The van der Waals surface area contributed by atoms with Gasteiger partial charge in [0.25, 0.3) is 0 Å². The molecule has 8 nitrogen and oxygen atoms in total. The van der Waals surface area contributed by atoms with E-state index in [1.807, 2.05) is 24.9 Å². The molecule has 0 spiro atoms. The van der Waals surface area contributed by atoms with Crippen LogP contribution in [0.5, 0.6) is 0 Å². The van der Waals surface area contributed by atoms with Crippen molar-refractivity contribution in [2.45, 2.75) is 72.0 Å². The average molecular weight is 679 g/mol. The van der Waals surface area contributed by atoms with Crippen molar-refractivity contribution in [2.75, 3.05) is 31.5 Å². The van der Waals surface area contributed by atoms with Gasteiger partial charge in [-0.15, -0.1) is 0 Å². The van der Waals surface area contributed by atoms with Crippen molar-refractivity contribution in [1.82, 2.24) is 34.1 Å². The maximum atomic E-state index is 13.7. The van der Waals surface area contributed by atoms with Crippen LogP contribution < -0.4 is 5.32 Å².